The molecule has 0 bridgehead atoms. The first-order chi connectivity index (χ1) is 9.65. The van der Waals surface area contributed by atoms with Crippen LogP contribution in [-0.2, 0) is 0 Å². The Bertz CT molecular complexity index is 642. The van der Waals surface area contributed by atoms with E-state index in [1.165, 1.54) is 23.8 Å². The van der Waals surface area contributed by atoms with Crippen molar-refractivity contribution >= 4 is 11.6 Å². The van der Waals surface area contributed by atoms with Crippen LogP contribution in [0.4, 0.5) is 10.1 Å². The van der Waals surface area contributed by atoms with Crippen LogP contribution in [0.2, 0.25) is 0 Å². The second-order valence-electron chi connectivity index (χ2n) is 5.06. The fourth-order valence-corrected chi connectivity index (χ4v) is 2.39. The maximum absolute atomic E-state index is 13.2. The lowest BCUT2D eigenvalue weighted by Crippen LogP contribution is -2.27. The predicted molar refractivity (Wildman–Crippen MR) is 75.9 cm³/mol. The molecule has 0 aliphatic heterocycles. The van der Waals surface area contributed by atoms with Crippen molar-refractivity contribution in [3.63, 3.8) is 0 Å². The van der Waals surface area contributed by atoms with E-state index in [0.29, 0.717) is 11.6 Å². The zero-order valence-corrected chi connectivity index (χ0v) is 10.8. The van der Waals surface area contributed by atoms with Gasteiger partial charge in [-0.05, 0) is 30.2 Å². The van der Waals surface area contributed by atoms with Crippen LogP contribution < -0.4 is 11.1 Å². The number of nitrogen functional groups attached to an aromatic ring is 1. The minimum atomic E-state index is -0.459. The molecule has 1 aliphatic rings. The highest BCUT2D eigenvalue weighted by molar-refractivity contribution is 5.99. The third-order valence-electron chi connectivity index (χ3n) is 3.59. The fourth-order valence-electron chi connectivity index (χ4n) is 2.39. The molecule has 102 valence electrons. The molecule has 0 spiro atoms. The van der Waals surface area contributed by atoms with Crippen molar-refractivity contribution in [1.82, 2.24) is 5.32 Å². The highest BCUT2D eigenvalue weighted by Gasteiger charge is 2.39. The average Bonchev–Trinajstić information content (AvgIpc) is 3.21. The Labute approximate surface area is 116 Å². The molecule has 4 heteroatoms. The number of nitrogens with one attached hydrogen (secondary N) is 1. The maximum atomic E-state index is 13.2. The Morgan fingerprint density at radius 2 is 1.95 bits per heavy atom. The number of hydrogen-bond acceptors (Lipinski definition) is 2. The molecule has 2 unspecified atom stereocenters. The van der Waals surface area contributed by atoms with Gasteiger partial charge in [0.15, 0.2) is 0 Å². The molecule has 0 radical (unpaired) electrons. The van der Waals surface area contributed by atoms with Gasteiger partial charge < -0.3 is 11.1 Å². The van der Waals surface area contributed by atoms with Gasteiger partial charge in [0.2, 0.25) is 0 Å². The van der Waals surface area contributed by atoms with E-state index < -0.39 is 5.82 Å². The summed E-state index contributed by atoms with van der Waals surface area (Å²) in [6, 6.07) is 14.0. The van der Waals surface area contributed by atoms with Crippen molar-refractivity contribution in [3.05, 3.63) is 65.5 Å². The molecule has 1 aliphatic carbocycles. The fraction of sp³-hybridized carbons (Fsp3) is 0.188. The molecule has 2 atom stereocenters. The van der Waals surface area contributed by atoms with Crippen LogP contribution in [0.1, 0.15) is 28.3 Å². The van der Waals surface area contributed by atoms with Crippen LogP contribution in [0.5, 0.6) is 0 Å². The van der Waals surface area contributed by atoms with Gasteiger partial charge in [0.25, 0.3) is 5.91 Å². The molecule has 2 aromatic carbocycles. The number of halogens is 1. The van der Waals surface area contributed by atoms with E-state index in [1.807, 2.05) is 30.3 Å². The monoisotopic (exact) mass is 270 g/mol. The Hall–Kier alpha value is -2.36. The third-order valence-corrected chi connectivity index (χ3v) is 3.59. The van der Waals surface area contributed by atoms with Gasteiger partial charge >= 0.3 is 0 Å². The SMILES string of the molecule is Nc1ccc(F)cc1C(=O)NC1CC1c1ccccc1. The van der Waals surface area contributed by atoms with Gasteiger partial charge in [0, 0.05) is 17.6 Å². The second kappa shape index (κ2) is 4.96. The number of amides is 1. The van der Waals surface area contributed by atoms with Gasteiger partial charge in [0.1, 0.15) is 5.82 Å². The molecule has 0 aromatic heterocycles. The molecule has 1 saturated carbocycles. The topological polar surface area (TPSA) is 55.1 Å². The molecule has 20 heavy (non-hydrogen) atoms. The summed E-state index contributed by atoms with van der Waals surface area (Å²) in [5.41, 5.74) is 7.41. The average molecular weight is 270 g/mol. The van der Waals surface area contributed by atoms with Crippen LogP contribution >= 0.6 is 0 Å². The largest absolute Gasteiger partial charge is 0.398 e. The molecule has 2 aromatic rings. The molecular formula is C16H15FN2O. The summed E-state index contributed by atoms with van der Waals surface area (Å²) in [6.45, 7) is 0. The van der Waals surface area contributed by atoms with Crippen molar-refractivity contribution in [2.24, 2.45) is 0 Å². The first-order valence-corrected chi connectivity index (χ1v) is 6.56. The minimum Gasteiger partial charge on any atom is -0.398 e. The van der Waals surface area contributed by atoms with Crippen LogP contribution in [0.25, 0.3) is 0 Å². The van der Waals surface area contributed by atoms with E-state index in [0.717, 1.165) is 6.42 Å². The summed E-state index contributed by atoms with van der Waals surface area (Å²) in [7, 11) is 0. The standard InChI is InChI=1S/C16H15FN2O/c17-11-6-7-14(18)13(8-11)16(20)19-15-9-12(15)10-4-2-1-3-5-10/h1-8,12,15H,9,18H2,(H,19,20). The predicted octanol–water partition coefficient (Wildman–Crippen LogP) is 2.69. The Balaban J connectivity index is 1.68. The van der Waals surface area contributed by atoms with Crippen molar-refractivity contribution in [1.29, 1.82) is 0 Å². The van der Waals surface area contributed by atoms with Gasteiger partial charge in [-0.3, -0.25) is 4.79 Å². The van der Waals surface area contributed by atoms with Gasteiger partial charge in [0.05, 0.1) is 5.56 Å². The summed E-state index contributed by atoms with van der Waals surface area (Å²) in [4.78, 5) is 12.1. The molecular weight excluding hydrogens is 255 g/mol. The quantitative estimate of drug-likeness (QED) is 0.842. The number of hydrogen-bond donors (Lipinski definition) is 2. The maximum Gasteiger partial charge on any atom is 0.253 e. The van der Waals surface area contributed by atoms with Gasteiger partial charge in [-0.2, -0.15) is 0 Å². The number of benzene rings is 2. The Morgan fingerprint density at radius 3 is 2.70 bits per heavy atom. The lowest BCUT2D eigenvalue weighted by Gasteiger charge is -2.07. The zero-order chi connectivity index (χ0) is 14.1. The first-order valence-electron chi connectivity index (χ1n) is 6.56. The van der Waals surface area contributed by atoms with Crippen molar-refractivity contribution in [2.75, 3.05) is 5.73 Å². The van der Waals surface area contributed by atoms with E-state index in [-0.39, 0.29) is 17.5 Å². The molecule has 0 heterocycles. The number of anilines is 1. The third kappa shape index (κ3) is 2.50. The number of nitrogens with two attached hydrogens (primary N) is 1. The number of carbonyl (C=O) groups excluding carboxylic acids is 1. The van der Waals surface area contributed by atoms with Crippen LogP contribution in [0, 0.1) is 5.82 Å². The Morgan fingerprint density at radius 1 is 1.20 bits per heavy atom. The molecule has 3 N–H and O–H groups in total. The summed E-state index contributed by atoms with van der Waals surface area (Å²) < 4.78 is 13.2. The summed E-state index contributed by atoms with van der Waals surface area (Å²) in [5.74, 6) is -0.430. The lowest BCUT2D eigenvalue weighted by molar-refractivity contribution is 0.0951. The van der Waals surface area contributed by atoms with Crippen molar-refractivity contribution < 1.29 is 9.18 Å². The Kier molecular flexibility index (Phi) is 3.14. The number of rotatable bonds is 3. The van der Waals surface area contributed by atoms with Gasteiger partial charge in [-0.25, -0.2) is 4.39 Å². The van der Waals surface area contributed by atoms with Gasteiger partial charge in [-0.1, -0.05) is 30.3 Å². The van der Waals surface area contributed by atoms with E-state index in [9.17, 15) is 9.18 Å². The summed E-state index contributed by atoms with van der Waals surface area (Å²) in [5, 5.41) is 2.90. The van der Waals surface area contributed by atoms with Crippen molar-refractivity contribution in [2.45, 2.75) is 18.4 Å². The summed E-state index contributed by atoms with van der Waals surface area (Å²) >= 11 is 0. The zero-order valence-electron chi connectivity index (χ0n) is 10.8. The normalized spacial score (nSPS) is 20.4. The van der Waals surface area contributed by atoms with Gasteiger partial charge in [-0.15, -0.1) is 0 Å². The molecule has 1 fully saturated rings. The van der Waals surface area contributed by atoms with Crippen LogP contribution in [0.15, 0.2) is 48.5 Å². The molecule has 3 rings (SSSR count). The van der Waals surface area contributed by atoms with Crippen molar-refractivity contribution in [3.8, 4) is 0 Å². The molecule has 1 amide bonds. The number of carbonyl (C=O) groups is 1. The highest BCUT2D eigenvalue weighted by atomic mass is 19.1. The van der Waals surface area contributed by atoms with E-state index >= 15 is 0 Å². The first kappa shape index (κ1) is 12.7. The molecule has 3 nitrogen and oxygen atoms in total. The smallest absolute Gasteiger partial charge is 0.253 e. The van der Waals surface area contributed by atoms with Crippen LogP contribution in [0.3, 0.4) is 0 Å². The minimum absolute atomic E-state index is 0.104. The van der Waals surface area contributed by atoms with E-state index in [4.69, 9.17) is 5.73 Å². The second-order valence-corrected chi connectivity index (χ2v) is 5.06. The van der Waals surface area contributed by atoms with E-state index in [1.54, 1.807) is 0 Å². The lowest BCUT2D eigenvalue weighted by atomic mass is 10.1. The highest BCUT2D eigenvalue weighted by Crippen LogP contribution is 2.40. The molecule has 0 saturated heterocycles. The van der Waals surface area contributed by atoms with Crippen LogP contribution in [-0.4, -0.2) is 11.9 Å². The summed E-state index contributed by atoms with van der Waals surface area (Å²) in [6.07, 6.45) is 0.908. The van der Waals surface area contributed by atoms with E-state index in [2.05, 4.69) is 5.32 Å².